The van der Waals surface area contributed by atoms with Crippen molar-refractivity contribution in [3.8, 4) is 0 Å². The van der Waals surface area contributed by atoms with Crippen LogP contribution >= 0.6 is 0 Å². The molecule has 0 saturated carbocycles. The van der Waals surface area contributed by atoms with Gasteiger partial charge >= 0.3 is 0 Å². The van der Waals surface area contributed by atoms with E-state index in [4.69, 9.17) is 0 Å². The van der Waals surface area contributed by atoms with Gasteiger partial charge in [-0.05, 0) is 37.6 Å². The van der Waals surface area contributed by atoms with Gasteiger partial charge in [-0.3, -0.25) is 9.69 Å². The number of hydrogen-bond acceptors (Lipinski definition) is 4. The van der Waals surface area contributed by atoms with Crippen molar-refractivity contribution in [2.45, 2.75) is 20.3 Å². The second-order valence-corrected chi connectivity index (χ2v) is 5.38. The molecule has 3 heterocycles. The zero-order valence-corrected chi connectivity index (χ0v) is 11.6. The Morgan fingerprint density at radius 1 is 1.35 bits per heavy atom. The minimum absolute atomic E-state index is 0.00667. The molecule has 2 aromatic heterocycles. The highest BCUT2D eigenvalue weighted by atomic mass is 16.3. The van der Waals surface area contributed by atoms with Crippen LogP contribution in [-0.2, 0) is 4.79 Å². The van der Waals surface area contributed by atoms with E-state index in [2.05, 4.69) is 9.97 Å². The first kappa shape index (κ1) is 13.0. The van der Waals surface area contributed by atoms with E-state index >= 15 is 0 Å². The summed E-state index contributed by atoms with van der Waals surface area (Å²) in [6.45, 7) is 4.52. The second-order valence-electron chi connectivity index (χ2n) is 5.38. The van der Waals surface area contributed by atoms with Crippen LogP contribution in [0.3, 0.4) is 0 Å². The number of rotatable bonds is 2. The fourth-order valence-electron chi connectivity index (χ4n) is 2.70. The molecule has 1 fully saturated rings. The molecule has 1 aliphatic heterocycles. The summed E-state index contributed by atoms with van der Waals surface area (Å²) >= 11 is 0. The highest BCUT2D eigenvalue weighted by Gasteiger charge is 2.30. The Morgan fingerprint density at radius 2 is 2.15 bits per heavy atom. The summed E-state index contributed by atoms with van der Waals surface area (Å²) < 4.78 is 0. The zero-order chi connectivity index (χ0) is 14.3. The van der Waals surface area contributed by atoms with E-state index in [0.29, 0.717) is 24.4 Å². The van der Waals surface area contributed by atoms with Gasteiger partial charge in [-0.2, -0.15) is 0 Å². The monoisotopic (exact) mass is 271 g/mol. The smallest absolute Gasteiger partial charge is 0.228 e. The van der Waals surface area contributed by atoms with Crippen LogP contribution < -0.4 is 4.90 Å². The van der Waals surface area contributed by atoms with Crippen molar-refractivity contribution in [3.05, 3.63) is 29.5 Å². The van der Waals surface area contributed by atoms with Crippen molar-refractivity contribution >= 4 is 22.8 Å². The molecule has 0 bridgehead atoms. The highest BCUT2D eigenvalue weighted by molar-refractivity contribution is 5.96. The molecule has 5 nitrogen and oxygen atoms in total. The Balaban J connectivity index is 2.03. The van der Waals surface area contributed by atoms with Crippen molar-refractivity contribution in [1.82, 2.24) is 9.97 Å². The first-order valence-electron chi connectivity index (χ1n) is 6.74. The molecule has 1 unspecified atom stereocenters. The van der Waals surface area contributed by atoms with Gasteiger partial charge < -0.3 is 5.11 Å². The number of aliphatic hydroxyl groups excluding tert-OH is 1. The summed E-state index contributed by atoms with van der Waals surface area (Å²) in [6.07, 6.45) is 0.385. The summed E-state index contributed by atoms with van der Waals surface area (Å²) in [5.74, 6) is 0.642. The Kier molecular flexibility index (Phi) is 3.14. The van der Waals surface area contributed by atoms with Gasteiger partial charge in [-0.1, -0.05) is 0 Å². The van der Waals surface area contributed by atoms with E-state index < -0.39 is 0 Å². The summed E-state index contributed by atoms with van der Waals surface area (Å²) in [5, 5.41) is 10.2. The lowest BCUT2D eigenvalue weighted by Gasteiger charge is -2.16. The summed E-state index contributed by atoms with van der Waals surface area (Å²) in [7, 11) is 0. The number of fused-ring (bicyclic) bond motifs is 1. The molecule has 1 aliphatic rings. The number of amides is 1. The fraction of sp³-hybridized carbons (Fsp3) is 0.400. The summed E-state index contributed by atoms with van der Waals surface area (Å²) in [4.78, 5) is 22.6. The number of carbonyl (C=O) groups is 1. The Morgan fingerprint density at radius 3 is 2.85 bits per heavy atom. The Bertz CT molecular complexity index is 684. The van der Waals surface area contributed by atoms with Gasteiger partial charge in [0.15, 0.2) is 5.65 Å². The maximum atomic E-state index is 12.0. The van der Waals surface area contributed by atoms with Crippen LogP contribution in [0.5, 0.6) is 0 Å². The lowest BCUT2D eigenvalue weighted by molar-refractivity contribution is -0.117. The molecule has 1 saturated heterocycles. The third-order valence-electron chi connectivity index (χ3n) is 3.73. The maximum absolute atomic E-state index is 12.0. The first-order chi connectivity index (χ1) is 9.58. The lowest BCUT2D eigenvalue weighted by Crippen LogP contribution is -2.25. The predicted molar refractivity (Wildman–Crippen MR) is 76.6 cm³/mol. The molecule has 0 spiro atoms. The molecule has 2 aromatic rings. The quantitative estimate of drug-likeness (QED) is 0.900. The highest BCUT2D eigenvalue weighted by Crippen LogP contribution is 2.25. The van der Waals surface area contributed by atoms with Crippen LogP contribution in [0.25, 0.3) is 11.0 Å². The molecule has 0 radical (unpaired) electrons. The number of aliphatic hydroxyl groups is 1. The van der Waals surface area contributed by atoms with Crippen LogP contribution in [0.4, 0.5) is 5.82 Å². The average Bonchev–Trinajstić information content (AvgIpc) is 2.79. The van der Waals surface area contributed by atoms with Gasteiger partial charge in [-0.15, -0.1) is 0 Å². The van der Waals surface area contributed by atoms with Crippen molar-refractivity contribution in [1.29, 1.82) is 0 Å². The lowest BCUT2D eigenvalue weighted by atomic mass is 10.1. The number of nitrogens with zero attached hydrogens (tertiary/aromatic N) is 3. The maximum Gasteiger partial charge on any atom is 0.228 e. The van der Waals surface area contributed by atoms with Crippen LogP contribution in [-0.4, -0.2) is 34.1 Å². The SMILES string of the molecule is Cc1cc(C)c2ccc(N3CC(CO)CC3=O)nc2n1. The number of aryl methyl sites for hydroxylation is 2. The molecule has 1 amide bonds. The first-order valence-corrected chi connectivity index (χ1v) is 6.74. The van der Waals surface area contributed by atoms with Gasteiger partial charge in [0.05, 0.1) is 0 Å². The largest absolute Gasteiger partial charge is 0.396 e. The molecule has 1 atom stereocenters. The molecule has 0 aliphatic carbocycles. The summed E-state index contributed by atoms with van der Waals surface area (Å²) in [5.41, 5.74) is 2.72. The average molecular weight is 271 g/mol. The Labute approximate surface area is 117 Å². The number of pyridine rings is 2. The van der Waals surface area contributed by atoms with Crippen LogP contribution in [0.1, 0.15) is 17.7 Å². The Hall–Kier alpha value is -2.01. The van der Waals surface area contributed by atoms with Gasteiger partial charge in [-0.25, -0.2) is 9.97 Å². The molecule has 1 N–H and O–H groups in total. The second kappa shape index (κ2) is 4.83. The molecular formula is C15H17N3O2. The molecule has 3 rings (SSSR count). The number of carbonyl (C=O) groups excluding carboxylic acids is 1. The van der Waals surface area contributed by atoms with Gasteiger partial charge in [0.25, 0.3) is 0 Å². The third-order valence-corrected chi connectivity index (χ3v) is 3.73. The third kappa shape index (κ3) is 2.14. The number of aromatic nitrogens is 2. The predicted octanol–water partition coefficient (Wildman–Crippen LogP) is 1.59. The van der Waals surface area contributed by atoms with E-state index in [1.165, 1.54) is 0 Å². The molecular weight excluding hydrogens is 254 g/mol. The number of anilines is 1. The standard InChI is InChI=1S/C15H17N3O2/c1-9-5-10(2)16-15-12(9)3-4-13(17-15)18-7-11(8-19)6-14(18)20/h3-5,11,19H,6-8H2,1-2H3. The van der Waals surface area contributed by atoms with Gasteiger partial charge in [0.1, 0.15) is 5.82 Å². The van der Waals surface area contributed by atoms with Crippen molar-refractivity contribution in [2.75, 3.05) is 18.1 Å². The van der Waals surface area contributed by atoms with Crippen molar-refractivity contribution < 1.29 is 9.90 Å². The molecule has 104 valence electrons. The van der Waals surface area contributed by atoms with Crippen LogP contribution in [0.2, 0.25) is 0 Å². The zero-order valence-electron chi connectivity index (χ0n) is 11.6. The van der Waals surface area contributed by atoms with E-state index in [1.54, 1.807) is 4.90 Å². The van der Waals surface area contributed by atoms with E-state index in [-0.39, 0.29) is 18.4 Å². The summed E-state index contributed by atoms with van der Waals surface area (Å²) in [6, 6.07) is 5.83. The van der Waals surface area contributed by atoms with Gasteiger partial charge in [0, 0.05) is 36.6 Å². The van der Waals surface area contributed by atoms with E-state index in [1.807, 2.05) is 32.0 Å². The van der Waals surface area contributed by atoms with E-state index in [0.717, 1.165) is 16.6 Å². The fourth-order valence-corrected chi connectivity index (χ4v) is 2.70. The van der Waals surface area contributed by atoms with Crippen molar-refractivity contribution in [3.63, 3.8) is 0 Å². The van der Waals surface area contributed by atoms with Crippen molar-refractivity contribution in [2.24, 2.45) is 5.92 Å². The van der Waals surface area contributed by atoms with Crippen LogP contribution in [0, 0.1) is 19.8 Å². The molecule has 0 aromatic carbocycles. The topological polar surface area (TPSA) is 66.3 Å². The number of hydrogen-bond donors (Lipinski definition) is 1. The molecule has 5 heteroatoms. The van der Waals surface area contributed by atoms with Gasteiger partial charge in [0.2, 0.25) is 5.91 Å². The van der Waals surface area contributed by atoms with Crippen LogP contribution in [0.15, 0.2) is 18.2 Å². The minimum Gasteiger partial charge on any atom is -0.396 e. The minimum atomic E-state index is 0.00667. The normalized spacial score (nSPS) is 19.1. The molecule has 20 heavy (non-hydrogen) atoms. The van der Waals surface area contributed by atoms with E-state index in [9.17, 15) is 9.90 Å².